The van der Waals surface area contributed by atoms with E-state index in [2.05, 4.69) is 20.9 Å². The fourth-order valence-corrected chi connectivity index (χ4v) is 1.05. The van der Waals surface area contributed by atoms with Gasteiger partial charge in [-0.25, -0.2) is 4.98 Å². The quantitative estimate of drug-likeness (QED) is 0.717. The maximum Gasteiger partial charge on any atom is 0.268 e. The number of anilines is 1. The Morgan fingerprint density at radius 3 is 2.64 bits per heavy atom. The maximum absolute atomic E-state index is 10.6. The van der Waals surface area contributed by atoms with Crippen LogP contribution in [0.4, 0.5) is 5.82 Å². The van der Waals surface area contributed by atoms with Crippen molar-refractivity contribution < 1.29 is 4.79 Å². The molecule has 1 rings (SSSR count). The number of hydrogen-bond donors (Lipinski definition) is 2. The van der Waals surface area contributed by atoms with E-state index in [-0.39, 0.29) is 11.5 Å². The maximum atomic E-state index is 10.6. The average molecular weight is 216 g/mol. The van der Waals surface area contributed by atoms with Gasteiger partial charge in [0.15, 0.2) is 0 Å². The van der Waals surface area contributed by atoms with Crippen molar-refractivity contribution in [1.29, 1.82) is 0 Å². The molecule has 58 valence electrons. The van der Waals surface area contributed by atoms with E-state index in [0.29, 0.717) is 4.47 Å². The lowest BCUT2D eigenvalue weighted by Gasteiger charge is -1.98. The molecule has 0 aromatic carbocycles. The van der Waals surface area contributed by atoms with E-state index in [1.165, 1.54) is 0 Å². The fraction of sp³-hybridized carbons (Fsp3) is 0. The van der Waals surface area contributed by atoms with E-state index in [1.54, 1.807) is 12.1 Å². The highest BCUT2D eigenvalue weighted by Crippen LogP contribution is 2.14. The minimum atomic E-state index is -0.593. The molecule has 0 unspecified atom stereocenters. The van der Waals surface area contributed by atoms with Gasteiger partial charge < -0.3 is 11.5 Å². The largest absolute Gasteiger partial charge is 0.384 e. The van der Waals surface area contributed by atoms with Crippen molar-refractivity contribution >= 4 is 27.7 Å². The van der Waals surface area contributed by atoms with Crippen LogP contribution in [-0.4, -0.2) is 10.9 Å². The lowest BCUT2D eigenvalue weighted by Crippen LogP contribution is -2.14. The van der Waals surface area contributed by atoms with Gasteiger partial charge in [-0.15, -0.1) is 0 Å². The predicted molar refractivity (Wildman–Crippen MR) is 44.9 cm³/mol. The standard InChI is InChI=1S/C6H6BrN3O/c7-3-1-2-4(8)10-5(3)6(9)11/h1-2H,(H2,8,10)(H2,9,11). The summed E-state index contributed by atoms with van der Waals surface area (Å²) in [5.41, 5.74) is 10.5. The number of carbonyl (C=O) groups excluding carboxylic acids is 1. The summed E-state index contributed by atoms with van der Waals surface area (Å²) in [7, 11) is 0. The van der Waals surface area contributed by atoms with Crippen molar-refractivity contribution in [1.82, 2.24) is 4.98 Å². The molecule has 0 saturated carbocycles. The van der Waals surface area contributed by atoms with Crippen molar-refractivity contribution in [2.45, 2.75) is 0 Å². The number of hydrogen-bond acceptors (Lipinski definition) is 3. The molecule has 0 radical (unpaired) electrons. The number of amides is 1. The number of rotatable bonds is 1. The summed E-state index contributed by atoms with van der Waals surface area (Å²) in [5.74, 6) is -0.314. The third-order valence-corrected chi connectivity index (χ3v) is 1.74. The molecule has 4 N–H and O–H groups in total. The molecule has 0 atom stereocenters. The van der Waals surface area contributed by atoms with Gasteiger partial charge in [0.25, 0.3) is 5.91 Å². The minimum absolute atomic E-state index is 0.157. The summed E-state index contributed by atoms with van der Waals surface area (Å²) in [4.78, 5) is 14.4. The van der Waals surface area contributed by atoms with Gasteiger partial charge >= 0.3 is 0 Å². The highest BCUT2D eigenvalue weighted by Gasteiger charge is 2.06. The van der Waals surface area contributed by atoms with Gasteiger partial charge in [-0.05, 0) is 28.1 Å². The Morgan fingerprint density at radius 1 is 1.55 bits per heavy atom. The Kier molecular flexibility index (Phi) is 2.09. The highest BCUT2D eigenvalue weighted by atomic mass is 79.9. The molecule has 1 amide bonds. The zero-order valence-corrected chi connectivity index (χ0v) is 7.13. The molecule has 1 heterocycles. The monoisotopic (exact) mass is 215 g/mol. The van der Waals surface area contributed by atoms with Crippen molar-refractivity contribution in [3.63, 3.8) is 0 Å². The Balaban J connectivity index is 3.23. The van der Waals surface area contributed by atoms with Crippen LogP contribution < -0.4 is 11.5 Å². The zero-order valence-electron chi connectivity index (χ0n) is 5.54. The number of pyridine rings is 1. The summed E-state index contributed by atoms with van der Waals surface area (Å²) >= 11 is 3.11. The second kappa shape index (κ2) is 2.87. The number of aromatic nitrogens is 1. The number of primary amides is 1. The number of carbonyl (C=O) groups is 1. The second-order valence-electron chi connectivity index (χ2n) is 1.93. The van der Waals surface area contributed by atoms with Gasteiger partial charge in [-0.1, -0.05) is 0 Å². The first-order valence-corrected chi connectivity index (χ1v) is 3.62. The summed E-state index contributed by atoms with van der Waals surface area (Å²) in [6, 6.07) is 3.21. The molecule has 0 fully saturated rings. The van der Waals surface area contributed by atoms with Gasteiger partial charge in [-0.3, -0.25) is 4.79 Å². The van der Waals surface area contributed by atoms with E-state index < -0.39 is 5.91 Å². The van der Waals surface area contributed by atoms with E-state index >= 15 is 0 Å². The van der Waals surface area contributed by atoms with E-state index in [9.17, 15) is 4.79 Å². The second-order valence-corrected chi connectivity index (χ2v) is 2.79. The summed E-state index contributed by atoms with van der Waals surface area (Å²) in [6.07, 6.45) is 0. The molecule has 0 aliphatic rings. The van der Waals surface area contributed by atoms with Crippen LogP contribution in [0.2, 0.25) is 0 Å². The van der Waals surface area contributed by atoms with Gasteiger partial charge in [0.2, 0.25) is 0 Å². The van der Waals surface area contributed by atoms with Crippen LogP contribution >= 0.6 is 15.9 Å². The number of nitrogens with two attached hydrogens (primary N) is 2. The van der Waals surface area contributed by atoms with Crippen molar-refractivity contribution in [2.24, 2.45) is 5.73 Å². The molecule has 4 nitrogen and oxygen atoms in total. The average Bonchev–Trinajstić information content (AvgIpc) is 1.94. The summed E-state index contributed by atoms with van der Waals surface area (Å²) < 4.78 is 0.555. The molecular weight excluding hydrogens is 210 g/mol. The molecule has 0 saturated heterocycles. The van der Waals surface area contributed by atoms with Crippen LogP contribution in [0, 0.1) is 0 Å². The van der Waals surface area contributed by atoms with Gasteiger partial charge in [0.1, 0.15) is 11.5 Å². The topological polar surface area (TPSA) is 82.0 Å². The molecule has 0 aliphatic carbocycles. The van der Waals surface area contributed by atoms with Crippen LogP contribution in [0.5, 0.6) is 0 Å². The first kappa shape index (κ1) is 8.00. The van der Waals surface area contributed by atoms with Crippen molar-refractivity contribution in [3.8, 4) is 0 Å². The Bertz CT molecular complexity index is 300. The first-order chi connectivity index (χ1) is 5.11. The first-order valence-electron chi connectivity index (χ1n) is 2.83. The molecule has 11 heavy (non-hydrogen) atoms. The fourth-order valence-electron chi connectivity index (χ4n) is 0.630. The SMILES string of the molecule is NC(=O)c1nc(N)ccc1Br. The third kappa shape index (κ3) is 1.68. The smallest absolute Gasteiger partial charge is 0.268 e. The van der Waals surface area contributed by atoms with E-state index in [4.69, 9.17) is 11.5 Å². The number of nitrogens with zero attached hydrogens (tertiary/aromatic N) is 1. The molecular formula is C6H6BrN3O. The van der Waals surface area contributed by atoms with Crippen molar-refractivity contribution in [3.05, 3.63) is 22.3 Å². The Morgan fingerprint density at radius 2 is 2.18 bits per heavy atom. The molecule has 5 heteroatoms. The van der Waals surface area contributed by atoms with Crippen LogP contribution in [0.15, 0.2) is 16.6 Å². The molecule has 0 bridgehead atoms. The lowest BCUT2D eigenvalue weighted by atomic mass is 10.3. The van der Waals surface area contributed by atoms with Crippen LogP contribution in [-0.2, 0) is 0 Å². The molecule has 1 aromatic rings. The van der Waals surface area contributed by atoms with Crippen LogP contribution in [0.25, 0.3) is 0 Å². The number of nitrogen functional groups attached to an aromatic ring is 1. The molecule has 0 spiro atoms. The van der Waals surface area contributed by atoms with Crippen LogP contribution in [0.1, 0.15) is 10.5 Å². The highest BCUT2D eigenvalue weighted by molar-refractivity contribution is 9.10. The lowest BCUT2D eigenvalue weighted by molar-refractivity contribution is 0.0995. The van der Waals surface area contributed by atoms with E-state index in [1.807, 2.05) is 0 Å². The molecule has 1 aromatic heterocycles. The minimum Gasteiger partial charge on any atom is -0.384 e. The molecule has 0 aliphatic heterocycles. The van der Waals surface area contributed by atoms with Gasteiger partial charge in [-0.2, -0.15) is 0 Å². The van der Waals surface area contributed by atoms with Gasteiger partial charge in [0.05, 0.1) is 0 Å². The number of halogens is 1. The summed E-state index contributed by atoms with van der Waals surface area (Å²) in [5, 5.41) is 0. The zero-order chi connectivity index (χ0) is 8.43. The Hall–Kier alpha value is -1.10. The van der Waals surface area contributed by atoms with Crippen molar-refractivity contribution in [2.75, 3.05) is 5.73 Å². The van der Waals surface area contributed by atoms with E-state index in [0.717, 1.165) is 0 Å². The van der Waals surface area contributed by atoms with Crippen LogP contribution in [0.3, 0.4) is 0 Å². The predicted octanol–water partition coefficient (Wildman–Crippen LogP) is 0.525. The normalized spacial score (nSPS) is 9.55. The Labute approximate surface area is 71.7 Å². The van der Waals surface area contributed by atoms with Gasteiger partial charge in [0, 0.05) is 4.47 Å². The summed E-state index contributed by atoms with van der Waals surface area (Å²) in [6.45, 7) is 0. The third-order valence-electron chi connectivity index (χ3n) is 1.10.